The molecule has 94 valence electrons. The Bertz CT molecular complexity index is 397. The molecule has 0 amide bonds. The van der Waals surface area contributed by atoms with E-state index in [0.717, 1.165) is 31.6 Å². The maximum Gasteiger partial charge on any atom is 0.123 e. The maximum absolute atomic E-state index is 6.16. The molecule has 0 radical (unpaired) electrons. The number of rotatable bonds is 5. The smallest absolute Gasteiger partial charge is 0.123 e. The first-order valence-corrected chi connectivity index (χ1v) is 6.12. The summed E-state index contributed by atoms with van der Waals surface area (Å²) in [6.07, 6.45) is 3.29. The second-order valence-corrected chi connectivity index (χ2v) is 5.42. The van der Waals surface area contributed by atoms with Crippen molar-refractivity contribution in [3.63, 3.8) is 0 Å². The molecule has 0 aromatic heterocycles. The van der Waals surface area contributed by atoms with Crippen molar-refractivity contribution in [2.45, 2.75) is 31.3 Å². The van der Waals surface area contributed by atoms with Crippen LogP contribution < -0.4 is 10.5 Å². The van der Waals surface area contributed by atoms with Gasteiger partial charge in [-0.05, 0) is 45.0 Å². The summed E-state index contributed by atoms with van der Waals surface area (Å²) >= 11 is 0. The number of benzene rings is 1. The summed E-state index contributed by atoms with van der Waals surface area (Å²) in [5, 5.41) is 0. The third kappa shape index (κ3) is 3.20. The van der Waals surface area contributed by atoms with Gasteiger partial charge >= 0.3 is 0 Å². The van der Waals surface area contributed by atoms with Crippen LogP contribution in [0, 0.1) is 0 Å². The van der Waals surface area contributed by atoms with E-state index >= 15 is 0 Å². The van der Waals surface area contributed by atoms with Crippen LogP contribution in [0.4, 0.5) is 0 Å². The molecule has 0 unspecified atom stereocenters. The Morgan fingerprint density at radius 3 is 2.59 bits per heavy atom. The van der Waals surface area contributed by atoms with E-state index in [1.807, 2.05) is 0 Å². The minimum absolute atomic E-state index is 0.0734. The van der Waals surface area contributed by atoms with Gasteiger partial charge in [0.15, 0.2) is 0 Å². The number of ether oxygens (including phenoxy) is 1. The predicted molar refractivity (Wildman–Crippen MR) is 70.2 cm³/mol. The van der Waals surface area contributed by atoms with E-state index in [0.29, 0.717) is 0 Å². The molecule has 1 aromatic rings. The van der Waals surface area contributed by atoms with Crippen LogP contribution in [0.25, 0.3) is 0 Å². The van der Waals surface area contributed by atoms with Gasteiger partial charge in [0.25, 0.3) is 0 Å². The van der Waals surface area contributed by atoms with Crippen LogP contribution in [0.2, 0.25) is 0 Å². The lowest BCUT2D eigenvalue weighted by molar-refractivity contribution is 0.371. The lowest BCUT2D eigenvalue weighted by Crippen LogP contribution is -2.24. The molecule has 3 nitrogen and oxygen atoms in total. The van der Waals surface area contributed by atoms with Gasteiger partial charge in [-0.3, -0.25) is 0 Å². The summed E-state index contributed by atoms with van der Waals surface area (Å²) in [6, 6.07) is 6.41. The number of methoxy groups -OCH3 is 1. The van der Waals surface area contributed by atoms with Crippen molar-refractivity contribution < 1.29 is 4.74 Å². The topological polar surface area (TPSA) is 38.5 Å². The van der Waals surface area contributed by atoms with E-state index in [-0.39, 0.29) is 5.54 Å². The zero-order valence-corrected chi connectivity index (χ0v) is 11.0. The highest BCUT2D eigenvalue weighted by Gasteiger charge is 2.37. The summed E-state index contributed by atoms with van der Waals surface area (Å²) in [4.78, 5) is 2.15. The Hall–Kier alpha value is -1.06. The Morgan fingerprint density at radius 2 is 2.06 bits per heavy atom. The fraction of sp³-hybridized carbons (Fsp3) is 0.571. The third-order valence-corrected chi connectivity index (χ3v) is 3.28. The average molecular weight is 234 g/mol. The highest BCUT2D eigenvalue weighted by Crippen LogP contribution is 2.36. The molecular formula is C14H22N2O. The molecule has 0 atom stereocenters. The Morgan fingerprint density at radius 1 is 1.35 bits per heavy atom. The molecule has 17 heavy (non-hydrogen) atoms. The quantitative estimate of drug-likeness (QED) is 0.844. The standard InChI is InChI=1S/C14H22N2O/c1-16(2)10-12-8-11(4-5-13(12)17-3)9-14(15)6-7-14/h4-5,8H,6-7,9-10,15H2,1-3H3. The van der Waals surface area contributed by atoms with E-state index in [1.165, 1.54) is 11.1 Å². The van der Waals surface area contributed by atoms with Crippen LogP contribution in [0.15, 0.2) is 18.2 Å². The van der Waals surface area contributed by atoms with Crippen molar-refractivity contribution >= 4 is 0 Å². The first-order chi connectivity index (χ1) is 8.02. The average Bonchev–Trinajstić information content (AvgIpc) is 2.95. The fourth-order valence-corrected chi connectivity index (χ4v) is 2.15. The van der Waals surface area contributed by atoms with Crippen LogP contribution in [0.1, 0.15) is 24.0 Å². The summed E-state index contributed by atoms with van der Waals surface area (Å²) in [7, 11) is 5.86. The first-order valence-electron chi connectivity index (χ1n) is 6.12. The normalized spacial score (nSPS) is 17.2. The van der Waals surface area contributed by atoms with E-state index in [4.69, 9.17) is 10.5 Å². The molecule has 1 fully saturated rings. The van der Waals surface area contributed by atoms with E-state index in [2.05, 4.69) is 37.2 Å². The molecule has 1 aromatic carbocycles. The minimum Gasteiger partial charge on any atom is -0.496 e. The van der Waals surface area contributed by atoms with Gasteiger partial charge in [-0.25, -0.2) is 0 Å². The van der Waals surface area contributed by atoms with Gasteiger partial charge in [-0.15, -0.1) is 0 Å². The van der Waals surface area contributed by atoms with Gasteiger partial charge in [-0.2, -0.15) is 0 Å². The molecule has 3 heteroatoms. The van der Waals surface area contributed by atoms with Crippen LogP contribution in [-0.4, -0.2) is 31.6 Å². The largest absolute Gasteiger partial charge is 0.496 e. The third-order valence-electron chi connectivity index (χ3n) is 3.28. The van der Waals surface area contributed by atoms with Gasteiger partial charge < -0.3 is 15.4 Å². The molecule has 0 heterocycles. The molecule has 1 aliphatic carbocycles. The van der Waals surface area contributed by atoms with Crippen molar-refractivity contribution in [3.05, 3.63) is 29.3 Å². The van der Waals surface area contributed by atoms with Crippen molar-refractivity contribution in [2.24, 2.45) is 5.73 Å². The van der Waals surface area contributed by atoms with E-state index < -0.39 is 0 Å². The van der Waals surface area contributed by atoms with Crippen molar-refractivity contribution in [1.82, 2.24) is 4.90 Å². The lowest BCUT2D eigenvalue weighted by Gasteiger charge is -2.16. The number of hydrogen-bond donors (Lipinski definition) is 1. The van der Waals surface area contributed by atoms with Crippen LogP contribution in [0.3, 0.4) is 0 Å². The Labute approximate surface area is 104 Å². The van der Waals surface area contributed by atoms with Gasteiger partial charge in [0, 0.05) is 17.6 Å². The fourth-order valence-electron chi connectivity index (χ4n) is 2.15. The van der Waals surface area contributed by atoms with E-state index in [1.54, 1.807) is 7.11 Å². The highest BCUT2D eigenvalue weighted by atomic mass is 16.5. The van der Waals surface area contributed by atoms with Crippen molar-refractivity contribution in [2.75, 3.05) is 21.2 Å². The molecule has 1 aliphatic rings. The lowest BCUT2D eigenvalue weighted by atomic mass is 10.0. The van der Waals surface area contributed by atoms with Gasteiger partial charge in [-0.1, -0.05) is 12.1 Å². The second kappa shape index (κ2) is 4.67. The summed E-state index contributed by atoms with van der Waals surface area (Å²) in [5.41, 5.74) is 8.79. The zero-order chi connectivity index (χ0) is 12.5. The molecule has 2 rings (SSSR count). The molecule has 0 aliphatic heterocycles. The summed E-state index contributed by atoms with van der Waals surface area (Å²) in [5.74, 6) is 0.962. The van der Waals surface area contributed by atoms with Crippen molar-refractivity contribution in [3.8, 4) is 5.75 Å². The minimum atomic E-state index is 0.0734. The predicted octanol–water partition coefficient (Wildman–Crippen LogP) is 1.79. The monoisotopic (exact) mass is 234 g/mol. The van der Waals surface area contributed by atoms with Crippen LogP contribution in [0.5, 0.6) is 5.75 Å². The SMILES string of the molecule is COc1ccc(CC2(N)CC2)cc1CN(C)C. The summed E-state index contributed by atoms with van der Waals surface area (Å²) < 4.78 is 5.39. The summed E-state index contributed by atoms with van der Waals surface area (Å²) in [6.45, 7) is 0.897. The maximum atomic E-state index is 6.16. The molecule has 0 spiro atoms. The Kier molecular flexibility index (Phi) is 3.40. The molecule has 0 saturated heterocycles. The molecule has 1 saturated carbocycles. The highest BCUT2D eigenvalue weighted by molar-refractivity contribution is 5.38. The van der Waals surface area contributed by atoms with Gasteiger partial charge in [0.1, 0.15) is 5.75 Å². The number of nitrogens with two attached hydrogens (primary N) is 1. The number of hydrogen-bond acceptors (Lipinski definition) is 3. The van der Waals surface area contributed by atoms with Crippen molar-refractivity contribution in [1.29, 1.82) is 0 Å². The molecular weight excluding hydrogens is 212 g/mol. The van der Waals surface area contributed by atoms with Gasteiger partial charge in [0.2, 0.25) is 0 Å². The second-order valence-electron chi connectivity index (χ2n) is 5.42. The van der Waals surface area contributed by atoms with Crippen LogP contribution in [-0.2, 0) is 13.0 Å². The number of nitrogens with zero attached hydrogens (tertiary/aromatic N) is 1. The van der Waals surface area contributed by atoms with Crippen LogP contribution >= 0.6 is 0 Å². The first kappa shape index (κ1) is 12.4. The zero-order valence-electron chi connectivity index (χ0n) is 11.0. The molecule has 2 N–H and O–H groups in total. The van der Waals surface area contributed by atoms with Gasteiger partial charge in [0.05, 0.1) is 7.11 Å². The van der Waals surface area contributed by atoms with E-state index in [9.17, 15) is 0 Å². The Balaban J connectivity index is 2.18. The molecule has 0 bridgehead atoms.